The quantitative estimate of drug-likeness (QED) is 0.872. The fourth-order valence-corrected chi connectivity index (χ4v) is 2.21. The van der Waals surface area contributed by atoms with E-state index < -0.39 is 0 Å². The number of benzene rings is 1. The van der Waals surface area contributed by atoms with E-state index in [1.54, 1.807) is 30.2 Å². The third-order valence-electron chi connectivity index (χ3n) is 3.34. The van der Waals surface area contributed by atoms with Crippen molar-refractivity contribution in [3.63, 3.8) is 0 Å². The van der Waals surface area contributed by atoms with Gasteiger partial charge in [-0.05, 0) is 18.2 Å². The molecule has 6 nitrogen and oxygen atoms in total. The zero-order valence-electron chi connectivity index (χ0n) is 11.7. The van der Waals surface area contributed by atoms with Crippen LogP contribution in [0.3, 0.4) is 0 Å². The summed E-state index contributed by atoms with van der Waals surface area (Å²) in [5.41, 5.74) is 0.423. The van der Waals surface area contributed by atoms with E-state index in [1.165, 1.54) is 7.11 Å². The summed E-state index contributed by atoms with van der Waals surface area (Å²) in [7, 11) is 3.06. The van der Waals surface area contributed by atoms with E-state index in [4.69, 9.17) is 14.2 Å². The van der Waals surface area contributed by atoms with Crippen LogP contribution >= 0.6 is 0 Å². The summed E-state index contributed by atoms with van der Waals surface area (Å²) in [6.07, 6.45) is 0. The monoisotopic (exact) mass is 281 g/mol. The third kappa shape index (κ3) is 2.86. The zero-order chi connectivity index (χ0) is 14.5. The van der Waals surface area contributed by atoms with Crippen molar-refractivity contribution in [2.45, 2.75) is 6.04 Å². The minimum absolute atomic E-state index is 0.127. The van der Waals surface area contributed by atoms with Gasteiger partial charge >= 0.3 is 0 Å². The maximum Gasteiger partial charge on any atom is 0.258 e. The topological polar surface area (TPSA) is 68.2 Å². The molecule has 1 fully saturated rings. The Morgan fingerprint density at radius 2 is 2.25 bits per heavy atom. The molecule has 1 heterocycles. The van der Waals surface area contributed by atoms with Crippen molar-refractivity contribution in [3.05, 3.63) is 23.8 Å². The average Bonchev–Trinajstić information content (AvgIpc) is 2.53. The normalized spacial score (nSPS) is 18.8. The molecule has 0 saturated carbocycles. The largest absolute Gasteiger partial charge is 0.497 e. The zero-order valence-corrected chi connectivity index (χ0v) is 11.7. The SMILES string of the molecule is COc1ccc(OC)c(C(=O)N2CCOCC2CO)c1. The van der Waals surface area contributed by atoms with Crippen LogP contribution in [-0.4, -0.2) is 62.5 Å². The van der Waals surface area contributed by atoms with Crippen LogP contribution in [0.5, 0.6) is 11.5 Å². The molecule has 1 aromatic rings. The van der Waals surface area contributed by atoms with Crippen molar-refractivity contribution < 1.29 is 24.1 Å². The van der Waals surface area contributed by atoms with E-state index in [0.717, 1.165) is 0 Å². The molecule has 1 atom stereocenters. The Kier molecular flexibility index (Phi) is 4.81. The molecule has 1 amide bonds. The highest BCUT2D eigenvalue weighted by Gasteiger charge is 2.29. The first kappa shape index (κ1) is 14.6. The van der Waals surface area contributed by atoms with Crippen molar-refractivity contribution >= 4 is 5.91 Å². The van der Waals surface area contributed by atoms with Crippen molar-refractivity contribution in [1.82, 2.24) is 4.90 Å². The molecule has 1 aromatic carbocycles. The van der Waals surface area contributed by atoms with E-state index in [9.17, 15) is 9.90 Å². The highest BCUT2D eigenvalue weighted by atomic mass is 16.5. The van der Waals surface area contributed by atoms with Gasteiger partial charge in [0.15, 0.2) is 0 Å². The van der Waals surface area contributed by atoms with Crippen molar-refractivity contribution in [2.75, 3.05) is 40.6 Å². The van der Waals surface area contributed by atoms with Gasteiger partial charge in [-0.25, -0.2) is 0 Å². The van der Waals surface area contributed by atoms with Gasteiger partial charge in [-0.1, -0.05) is 0 Å². The van der Waals surface area contributed by atoms with Gasteiger partial charge in [0.2, 0.25) is 0 Å². The van der Waals surface area contributed by atoms with Crippen LogP contribution in [-0.2, 0) is 4.74 Å². The van der Waals surface area contributed by atoms with Crippen molar-refractivity contribution in [3.8, 4) is 11.5 Å². The fraction of sp³-hybridized carbons (Fsp3) is 0.500. The molecule has 1 aliphatic rings. The first-order valence-corrected chi connectivity index (χ1v) is 6.43. The van der Waals surface area contributed by atoms with Gasteiger partial charge in [-0.2, -0.15) is 0 Å². The summed E-state index contributed by atoms with van der Waals surface area (Å²) in [4.78, 5) is 14.3. The summed E-state index contributed by atoms with van der Waals surface area (Å²) in [5.74, 6) is 0.880. The van der Waals surface area contributed by atoms with E-state index in [2.05, 4.69) is 0 Å². The number of ether oxygens (including phenoxy) is 3. The van der Waals surface area contributed by atoms with Gasteiger partial charge in [0, 0.05) is 6.54 Å². The summed E-state index contributed by atoms with van der Waals surface area (Å²) in [6.45, 7) is 1.13. The highest BCUT2D eigenvalue weighted by Crippen LogP contribution is 2.26. The molecular weight excluding hydrogens is 262 g/mol. The minimum atomic E-state index is -0.327. The summed E-state index contributed by atoms with van der Waals surface area (Å²) < 4.78 is 15.7. The number of hydrogen-bond donors (Lipinski definition) is 1. The lowest BCUT2D eigenvalue weighted by Crippen LogP contribution is -2.50. The Morgan fingerprint density at radius 1 is 1.45 bits per heavy atom. The van der Waals surface area contributed by atoms with Crippen LogP contribution in [0.4, 0.5) is 0 Å². The second kappa shape index (κ2) is 6.58. The Morgan fingerprint density at radius 3 is 2.90 bits per heavy atom. The molecular formula is C14H19NO5. The molecule has 20 heavy (non-hydrogen) atoms. The maximum absolute atomic E-state index is 12.6. The molecule has 0 spiro atoms. The molecule has 1 N–H and O–H groups in total. The Labute approximate surface area is 117 Å². The Balaban J connectivity index is 2.31. The Bertz CT molecular complexity index is 477. The number of hydrogen-bond acceptors (Lipinski definition) is 5. The van der Waals surface area contributed by atoms with E-state index in [1.807, 2.05) is 0 Å². The second-order valence-corrected chi connectivity index (χ2v) is 4.48. The number of carbonyl (C=O) groups is 1. The van der Waals surface area contributed by atoms with Crippen LogP contribution in [0.1, 0.15) is 10.4 Å². The molecule has 1 saturated heterocycles. The predicted molar refractivity (Wildman–Crippen MR) is 72.3 cm³/mol. The number of amides is 1. The van der Waals surface area contributed by atoms with Gasteiger partial charge in [-0.15, -0.1) is 0 Å². The number of morpholine rings is 1. The van der Waals surface area contributed by atoms with E-state index in [0.29, 0.717) is 36.8 Å². The van der Waals surface area contributed by atoms with Gasteiger partial charge in [0.1, 0.15) is 11.5 Å². The number of aliphatic hydroxyl groups excluding tert-OH is 1. The number of aliphatic hydroxyl groups is 1. The number of nitrogens with zero attached hydrogens (tertiary/aromatic N) is 1. The average molecular weight is 281 g/mol. The van der Waals surface area contributed by atoms with Gasteiger partial charge in [0.05, 0.1) is 45.6 Å². The lowest BCUT2D eigenvalue weighted by Gasteiger charge is -2.34. The van der Waals surface area contributed by atoms with Gasteiger partial charge < -0.3 is 24.2 Å². The molecule has 2 rings (SSSR count). The first-order valence-electron chi connectivity index (χ1n) is 6.43. The molecule has 0 bridgehead atoms. The van der Waals surface area contributed by atoms with E-state index >= 15 is 0 Å². The minimum Gasteiger partial charge on any atom is -0.497 e. The van der Waals surface area contributed by atoms with Crippen LogP contribution in [0.15, 0.2) is 18.2 Å². The molecule has 6 heteroatoms. The summed E-state index contributed by atoms with van der Waals surface area (Å²) >= 11 is 0. The third-order valence-corrected chi connectivity index (χ3v) is 3.34. The maximum atomic E-state index is 12.6. The predicted octanol–water partition coefficient (Wildman–Crippen LogP) is 0.537. The smallest absolute Gasteiger partial charge is 0.258 e. The van der Waals surface area contributed by atoms with Crippen LogP contribution in [0, 0.1) is 0 Å². The second-order valence-electron chi connectivity index (χ2n) is 4.48. The van der Waals surface area contributed by atoms with Gasteiger partial charge in [0.25, 0.3) is 5.91 Å². The van der Waals surface area contributed by atoms with Crippen LogP contribution < -0.4 is 9.47 Å². The molecule has 110 valence electrons. The fourth-order valence-electron chi connectivity index (χ4n) is 2.21. The van der Waals surface area contributed by atoms with Gasteiger partial charge in [-0.3, -0.25) is 4.79 Å². The summed E-state index contributed by atoms with van der Waals surface area (Å²) in [6, 6.07) is 4.75. The summed E-state index contributed by atoms with van der Waals surface area (Å²) in [5, 5.41) is 9.35. The molecule has 1 unspecified atom stereocenters. The van der Waals surface area contributed by atoms with Crippen molar-refractivity contribution in [1.29, 1.82) is 0 Å². The number of methoxy groups -OCH3 is 2. The van der Waals surface area contributed by atoms with E-state index in [-0.39, 0.29) is 18.6 Å². The molecule has 0 radical (unpaired) electrons. The highest BCUT2D eigenvalue weighted by molar-refractivity contribution is 5.97. The number of rotatable bonds is 4. The number of carbonyl (C=O) groups excluding carboxylic acids is 1. The molecule has 0 aromatic heterocycles. The molecule has 1 aliphatic heterocycles. The van der Waals surface area contributed by atoms with Crippen molar-refractivity contribution in [2.24, 2.45) is 0 Å². The lowest BCUT2D eigenvalue weighted by atomic mass is 10.1. The molecule has 0 aliphatic carbocycles. The first-order chi connectivity index (χ1) is 9.71. The van der Waals surface area contributed by atoms with Crippen LogP contribution in [0.25, 0.3) is 0 Å². The lowest BCUT2D eigenvalue weighted by molar-refractivity contribution is -0.0185. The standard InChI is InChI=1S/C14H19NO5/c1-18-11-3-4-13(19-2)12(7-11)14(17)15-5-6-20-9-10(15)8-16/h3-4,7,10,16H,5-6,8-9H2,1-2H3. The Hall–Kier alpha value is -1.79. The van der Waals surface area contributed by atoms with Crippen LogP contribution in [0.2, 0.25) is 0 Å².